The minimum Gasteiger partial charge on any atom is -0.493 e. The monoisotopic (exact) mass is 331 g/mol. The minimum atomic E-state index is -3.48. The first-order valence-corrected chi connectivity index (χ1v) is 9.26. The average Bonchev–Trinajstić information content (AvgIpc) is 2.94. The van der Waals surface area contributed by atoms with Crippen LogP contribution in [0.3, 0.4) is 0 Å². The second-order valence-corrected chi connectivity index (χ2v) is 7.79. The highest BCUT2D eigenvalue weighted by Gasteiger charge is 2.18. The van der Waals surface area contributed by atoms with Crippen LogP contribution in [0, 0.1) is 6.92 Å². The molecule has 1 aliphatic rings. The normalized spacial score (nSPS) is 15.0. The van der Waals surface area contributed by atoms with Crippen molar-refractivity contribution < 1.29 is 13.2 Å². The largest absolute Gasteiger partial charge is 0.493 e. The van der Waals surface area contributed by atoms with Crippen LogP contribution in [-0.4, -0.2) is 21.1 Å². The number of hydrogen-bond donors (Lipinski definition) is 1. The zero-order valence-electron chi connectivity index (χ0n) is 13.4. The molecular formula is C18H21NO3S. The van der Waals surface area contributed by atoms with Crippen LogP contribution in [0.2, 0.25) is 0 Å². The lowest BCUT2D eigenvalue weighted by atomic mass is 10.0. The number of nitrogens with one attached hydrogen (secondary N) is 1. The molecule has 0 aliphatic carbocycles. The van der Waals surface area contributed by atoms with E-state index in [4.69, 9.17) is 4.74 Å². The topological polar surface area (TPSA) is 55.4 Å². The lowest BCUT2D eigenvalue weighted by Gasteiger charge is -2.15. The third-order valence-electron chi connectivity index (χ3n) is 3.98. The highest BCUT2D eigenvalue weighted by Crippen LogP contribution is 2.26. The van der Waals surface area contributed by atoms with Crippen molar-refractivity contribution in [3.05, 3.63) is 59.2 Å². The summed E-state index contributed by atoms with van der Waals surface area (Å²) in [7, 11) is -3.48. The summed E-state index contributed by atoms with van der Waals surface area (Å²) in [4.78, 5) is 0.303. The van der Waals surface area contributed by atoms with Crippen molar-refractivity contribution in [1.29, 1.82) is 0 Å². The van der Waals surface area contributed by atoms with Gasteiger partial charge in [-0.05, 0) is 49.6 Å². The molecule has 4 nitrogen and oxygen atoms in total. The Hall–Kier alpha value is -1.85. The number of aryl methyl sites for hydroxylation is 1. The van der Waals surface area contributed by atoms with E-state index in [1.54, 1.807) is 24.3 Å². The smallest absolute Gasteiger partial charge is 0.240 e. The van der Waals surface area contributed by atoms with Crippen LogP contribution in [0.4, 0.5) is 0 Å². The molecule has 0 aromatic heterocycles. The fourth-order valence-electron chi connectivity index (χ4n) is 2.81. The van der Waals surface area contributed by atoms with E-state index >= 15 is 0 Å². The van der Waals surface area contributed by atoms with Crippen molar-refractivity contribution >= 4 is 10.0 Å². The van der Waals surface area contributed by atoms with Gasteiger partial charge in [0.05, 0.1) is 11.5 Å². The highest BCUT2D eigenvalue weighted by molar-refractivity contribution is 7.89. The number of sulfonamides is 1. The van der Waals surface area contributed by atoms with E-state index in [2.05, 4.69) is 10.8 Å². The molecule has 2 aromatic carbocycles. The van der Waals surface area contributed by atoms with Gasteiger partial charge in [-0.3, -0.25) is 0 Å². The Balaban J connectivity index is 1.69. The molecule has 0 fully saturated rings. The molecule has 1 N–H and O–H groups in total. The third kappa shape index (κ3) is 3.74. The molecule has 1 aliphatic heterocycles. The number of fused-ring (bicyclic) bond motifs is 1. The molecule has 122 valence electrons. The van der Waals surface area contributed by atoms with Gasteiger partial charge >= 0.3 is 0 Å². The molecule has 1 atom stereocenters. The van der Waals surface area contributed by atoms with Crippen molar-refractivity contribution in [2.45, 2.75) is 37.6 Å². The number of rotatable bonds is 5. The summed E-state index contributed by atoms with van der Waals surface area (Å²) < 4.78 is 33.0. The van der Waals surface area contributed by atoms with Crippen molar-refractivity contribution in [3.63, 3.8) is 0 Å². The summed E-state index contributed by atoms with van der Waals surface area (Å²) in [5.74, 6) is 0.946. The Morgan fingerprint density at radius 3 is 2.65 bits per heavy atom. The van der Waals surface area contributed by atoms with Crippen LogP contribution in [0.15, 0.2) is 47.4 Å². The molecule has 0 amide bonds. The zero-order chi connectivity index (χ0) is 16.4. The first-order chi connectivity index (χ1) is 10.9. The summed E-state index contributed by atoms with van der Waals surface area (Å²) in [6, 6.07) is 12.8. The standard InChI is InChI=1S/C18H21NO3S/c1-13-3-6-17(7-4-13)23(20,21)19-14(2)11-15-5-8-18-16(12-15)9-10-22-18/h3-8,12,14,19H,9-11H2,1-2H3. The second-order valence-electron chi connectivity index (χ2n) is 6.08. The van der Waals surface area contributed by atoms with Gasteiger partial charge < -0.3 is 4.74 Å². The maximum absolute atomic E-state index is 12.4. The van der Waals surface area contributed by atoms with Crippen molar-refractivity contribution in [1.82, 2.24) is 4.72 Å². The molecule has 23 heavy (non-hydrogen) atoms. The van der Waals surface area contributed by atoms with Crippen molar-refractivity contribution in [3.8, 4) is 5.75 Å². The zero-order valence-corrected chi connectivity index (χ0v) is 14.2. The van der Waals surface area contributed by atoms with E-state index in [9.17, 15) is 8.42 Å². The average molecular weight is 331 g/mol. The van der Waals surface area contributed by atoms with Crippen LogP contribution < -0.4 is 9.46 Å². The predicted molar refractivity (Wildman–Crippen MR) is 90.3 cm³/mol. The number of benzene rings is 2. The Bertz CT molecular complexity index is 798. The predicted octanol–water partition coefficient (Wildman–Crippen LogP) is 2.84. The number of ether oxygens (including phenoxy) is 1. The van der Waals surface area contributed by atoms with Gasteiger partial charge in [0, 0.05) is 12.5 Å². The Kier molecular flexibility index (Phi) is 4.41. The molecule has 0 saturated heterocycles. The van der Waals surface area contributed by atoms with Gasteiger partial charge in [-0.25, -0.2) is 13.1 Å². The lowest BCUT2D eigenvalue weighted by molar-refractivity contribution is 0.357. The molecule has 0 saturated carbocycles. The Morgan fingerprint density at radius 1 is 1.17 bits per heavy atom. The van der Waals surface area contributed by atoms with Crippen molar-refractivity contribution in [2.24, 2.45) is 0 Å². The third-order valence-corrected chi connectivity index (χ3v) is 5.59. The van der Waals surface area contributed by atoms with E-state index in [0.29, 0.717) is 11.3 Å². The maximum Gasteiger partial charge on any atom is 0.240 e. The molecule has 0 spiro atoms. The van der Waals surface area contributed by atoms with Crippen LogP contribution in [0.25, 0.3) is 0 Å². The van der Waals surface area contributed by atoms with E-state index in [0.717, 1.165) is 29.9 Å². The van der Waals surface area contributed by atoms with Gasteiger partial charge in [-0.15, -0.1) is 0 Å². The fourth-order valence-corrected chi connectivity index (χ4v) is 4.06. The fraction of sp³-hybridized carbons (Fsp3) is 0.333. The molecular weight excluding hydrogens is 310 g/mol. The summed E-state index contributed by atoms with van der Waals surface area (Å²) in [6.45, 7) is 4.55. The second kappa shape index (κ2) is 6.34. The quantitative estimate of drug-likeness (QED) is 0.916. The summed E-state index contributed by atoms with van der Waals surface area (Å²) in [5.41, 5.74) is 3.36. The molecule has 1 unspecified atom stereocenters. The van der Waals surface area contributed by atoms with E-state index in [1.165, 1.54) is 5.56 Å². The lowest BCUT2D eigenvalue weighted by Crippen LogP contribution is -2.34. The van der Waals surface area contributed by atoms with Gasteiger partial charge in [-0.1, -0.05) is 29.8 Å². The van der Waals surface area contributed by atoms with Gasteiger partial charge in [-0.2, -0.15) is 0 Å². The van der Waals surface area contributed by atoms with Gasteiger partial charge in [0.15, 0.2) is 0 Å². The van der Waals surface area contributed by atoms with Gasteiger partial charge in [0.25, 0.3) is 0 Å². The summed E-state index contributed by atoms with van der Waals surface area (Å²) in [6.07, 6.45) is 1.57. The molecule has 1 heterocycles. The molecule has 0 bridgehead atoms. The highest BCUT2D eigenvalue weighted by atomic mass is 32.2. The van der Waals surface area contributed by atoms with E-state index in [1.807, 2.05) is 26.0 Å². The van der Waals surface area contributed by atoms with Crippen LogP contribution in [0.1, 0.15) is 23.6 Å². The van der Waals surface area contributed by atoms with Crippen molar-refractivity contribution in [2.75, 3.05) is 6.61 Å². The number of hydrogen-bond acceptors (Lipinski definition) is 3. The Morgan fingerprint density at radius 2 is 1.91 bits per heavy atom. The minimum absolute atomic E-state index is 0.179. The van der Waals surface area contributed by atoms with E-state index in [-0.39, 0.29) is 6.04 Å². The van der Waals surface area contributed by atoms with E-state index < -0.39 is 10.0 Å². The SMILES string of the molecule is Cc1ccc(S(=O)(=O)NC(C)Cc2ccc3c(c2)CCO3)cc1. The summed E-state index contributed by atoms with van der Waals surface area (Å²) >= 11 is 0. The first-order valence-electron chi connectivity index (χ1n) is 7.78. The summed E-state index contributed by atoms with van der Waals surface area (Å²) in [5, 5.41) is 0. The maximum atomic E-state index is 12.4. The van der Waals surface area contributed by atoms with Crippen LogP contribution in [0.5, 0.6) is 5.75 Å². The van der Waals surface area contributed by atoms with Crippen LogP contribution >= 0.6 is 0 Å². The molecule has 0 radical (unpaired) electrons. The van der Waals surface area contributed by atoms with Gasteiger partial charge in [0.1, 0.15) is 5.75 Å². The molecule has 3 rings (SSSR count). The van der Waals surface area contributed by atoms with Gasteiger partial charge in [0.2, 0.25) is 10.0 Å². The molecule has 5 heteroatoms. The Labute approximate surface area is 137 Å². The molecule has 2 aromatic rings. The first kappa shape index (κ1) is 16.0. The van der Waals surface area contributed by atoms with Crippen LogP contribution in [-0.2, 0) is 22.9 Å².